The van der Waals surface area contributed by atoms with E-state index >= 15 is 0 Å². The van der Waals surface area contributed by atoms with Crippen LogP contribution in [0.3, 0.4) is 0 Å². The molecule has 1 atom stereocenters. The number of halogens is 1. The number of piperazine rings is 1. The Bertz CT molecular complexity index is 479. The third-order valence-electron chi connectivity index (χ3n) is 3.64. The average Bonchev–Trinajstić information content (AvgIpc) is 2.32. The van der Waals surface area contributed by atoms with Crippen molar-refractivity contribution in [3.8, 4) is 0 Å². The van der Waals surface area contributed by atoms with Gasteiger partial charge in [-0.2, -0.15) is 0 Å². The van der Waals surface area contributed by atoms with Crippen LogP contribution in [0.2, 0.25) is 0 Å². The standard InChI is InChI=1S/C14H19FN2O2/c1-10-8-16(2)5-6-17(10)9-11-7-12(15)3-4-13(11)14(18)19/h3-4,7,10H,5-6,8-9H2,1-2H3,(H,18,19). The van der Waals surface area contributed by atoms with E-state index in [4.69, 9.17) is 5.11 Å². The Morgan fingerprint density at radius 1 is 1.47 bits per heavy atom. The second-order valence-corrected chi connectivity index (χ2v) is 5.19. The number of benzene rings is 1. The van der Waals surface area contributed by atoms with Crippen molar-refractivity contribution in [1.82, 2.24) is 9.80 Å². The fourth-order valence-corrected chi connectivity index (χ4v) is 2.53. The first kappa shape index (κ1) is 14.0. The van der Waals surface area contributed by atoms with Gasteiger partial charge >= 0.3 is 5.97 Å². The van der Waals surface area contributed by atoms with Gasteiger partial charge in [-0.15, -0.1) is 0 Å². The van der Waals surface area contributed by atoms with Crippen molar-refractivity contribution in [3.63, 3.8) is 0 Å². The van der Waals surface area contributed by atoms with E-state index in [1.165, 1.54) is 18.2 Å². The Labute approximate surface area is 112 Å². The lowest BCUT2D eigenvalue weighted by molar-refractivity contribution is 0.0687. The van der Waals surface area contributed by atoms with Gasteiger partial charge in [-0.1, -0.05) is 0 Å². The van der Waals surface area contributed by atoms with E-state index in [1.807, 2.05) is 0 Å². The van der Waals surface area contributed by atoms with E-state index in [2.05, 4.69) is 23.8 Å². The summed E-state index contributed by atoms with van der Waals surface area (Å²) in [5.74, 6) is -1.39. The topological polar surface area (TPSA) is 43.8 Å². The molecule has 1 N–H and O–H groups in total. The third kappa shape index (κ3) is 3.30. The second kappa shape index (κ2) is 5.67. The van der Waals surface area contributed by atoms with Gasteiger partial charge in [0.15, 0.2) is 0 Å². The number of aromatic carboxylic acids is 1. The number of hydrogen-bond donors (Lipinski definition) is 1. The van der Waals surface area contributed by atoms with Crippen molar-refractivity contribution >= 4 is 5.97 Å². The zero-order chi connectivity index (χ0) is 14.0. The SMILES string of the molecule is CC1CN(C)CCN1Cc1cc(F)ccc1C(=O)O. The molecule has 0 aliphatic carbocycles. The molecule has 1 aliphatic heterocycles. The fraction of sp³-hybridized carbons (Fsp3) is 0.500. The Balaban J connectivity index is 2.18. The van der Waals surface area contributed by atoms with Gasteiger partial charge in [0, 0.05) is 32.2 Å². The highest BCUT2D eigenvalue weighted by molar-refractivity contribution is 5.89. The molecule has 4 nitrogen and oxygen atoms in total. The summed E-state index contributed by atoms with van der Waals surface area (Å²) in [5, 5.41) is 9.14. The van der Waals surface area contributed by atoms with Crippen molar-refractivity contribution in [2.75, 3.05) is 26.7 Å². The van der Waals surface area contributed by atoms with Gasteiger partial charge in [0.25, 0.3) is 0 Å². The molecule has 5 heteroatoms. The molecule has 1 heterocycles. The number of nitrogens with zero attached hydrogens (tertiary/aromatic N) is 2. The Morgan fingerprint density at radius 2 is 2.21 bits per heavy atom. The van der Waals surface area contributed by atoms with E-state index in [0.29, 0.717) is 18.2 Å². The van der Waals surface area contributed by atoms with Crippen LogP contribution in [0, 0.1) is 5.82 Å². The number of hydrogen-bond acceptors (Lipinski definition) is 3. The fourth-order valence-electron chi connectivity index (χ4n) is 2.53. The Kier molecular flexibility index (Phi) is 4.17. The van der Waals surface area contributed by atoms with Gasteiger partial charge in [-0.05, 0) is 37.7 Å². The number of carboxylic acids is 1. The van der Waals surface area contributed by atoms with Crippen LogP contribution in [0.5, 0.6) is 0 Å². The van der Waals surface area contributed by atoms with Crippen molar-refractivity contribution in [2.24, 2.45) is 0 Å². The Morgan fingerprint density at radius 3 is 2.84 bits per heavy atom. The lowest BCUT2D eigenvalue weighted by atomic mass is 10.1. The molecule has 2 rings (SSSR count). The van der Waals surface area contributed by atoms with Crippen LogP contribution in [0.4, 0.5) is 4.39 Å². The summed E-state index contributed by atoms with van der Waals surface area (Å²) < 4.78 is 13.3. The van der Waals surface area contributed by atoms with Gasteiger partial charge in [-0.25, -0.2) is 9.18 Å². The van der Waals surface area contributed by atoms with Crippen molar-refractivity contribution in [2.45, 2.75) is 19.5 Å². The molecule has 0 amide bonds. The normalized spacial score (nSPS) is 21.5. The average molecular weight is 266 g/mol. The van der Waals surface area contributed by atoms with Crippen molar-refractivity contribution < 1.29 is 14.3 Å². The summed E-state index contributed by atoms with van der Waals surface area (Å²) in [6, 6.07) is 4.20. The summed E-state index contributed by atoms with van der Waals surface area (Å²) in [6.45, 7) is 5.34. The maximum Gasteiger partial charge on any atom is 0.336 e. The molecule has 19 heavy (non-hydrogen) atoms. The first-order valence-electron chi connectivity index (χ1n) is 6.41. The molecular formula is C14H19FN2O2. The molecular weight excluding hydrogens is 247 g/mol. The number of carboxylic acid groups (broad SMARTS) is 1. The molecule has 0 saturated carbocycles. The van der Waals surface area contributed by atoms with E-state index in [1.54, 1.807) is 0 Å². The minimum absolute atomic E-state index is 0.188. The van der Waals surface area contributed by atoms with Crippen LogP contribution in [0.25, 0.3) is 0 Å². The predicted molar refractivity (Wildman–Crippen MR) is 70.7 cm³/mol. The van der Waals surface area contributed by atoms with Crippen LogP contribution in [-0.2, 0) is 6.54 Å². The molecule has 0 bridgehead atoms. The van der Waals surface area contributed by atoms with Crippen LogP contribution < -0.4 is 0 Å². The molecule has 0 spiro atoms. The van der Waals surface area contributed by atoms with Gasteiger partial charge in [0.1, 0.15) is 5.82 Å². The Hall–Kier alpha value is -1.46. The van der Waals surface area contributed by atoms with Gasteiger partial charge in [0.2, 0.25) is 0 Å². The molecule has 0 radical (unpaired) electrons. The molecule has 0 aromatic heterocycles. The van der Waals surface area contributed by atoms with Gasteiger partial charge < -0.3 is 10.0 Å². The number of carbonyl (C=O) groups is 1. The molecule has 1 aliphatic rings. The number of rotatable bonds is 3. The van der Waals surface area contributed by atoms with E-state index in [-0.39, 0.29) is 11.4 Å². The molecule has 1 saturated heterocycles. The predicted octanol–water partition coefficient (Wildman–Crippen LogP) is 1.66. The maximum absolute atomic E-state index is 13.3. The minimum atomic E-state index is -1.00. The molecule has 104 valence electrons. The second-order valence-electron chi connectivity index (χ2n) is 5.19. The van der Waals surface area contributed by atoms with Gasteiger partial charge in [-0.3, -0.25) is 4.90 Å². The zero-order valence-corrected chi connectivity index (χ0v) is 11.3. The van der Waals surface area contributed by atoms with Crippen LogP contribution in [0.15, 0.2) is 18.2 Å². The van der Waals surface area contributed by atoms with Crippen LogP contribution >= 0.6 is 0 Å². The monoisotopic (exact) mass is 266 g/mol. The lowest BCUT2D eigenvalue weighted by Crippen LogP contribution is -2.49. The highest BCUT2D eigenvalue weighted by atomic mass is 19.1. The first-order chi connectivity index (χ1) is 8.97. The van der Waals surface area contributed by atoms with Crippen LogP contribution in [0.1, 0.15) is 22.8 Å². The zero-order valence-electron chi connectivity index (χ0n) is 11.3. The van der Waals surface area contributed by atoms with E-state index < -0.39 is 5.97 Å². The maximum atomic E-state index is 13.3. The van der Waals surface area contributed by atoms with Crippen molar-refractivity contribution in [1.29, 1.82) is 0 Å². The summed E-state index contributed by atoms with van der Waals surface area (Å²) in [4.78, 5) is 15.6. The highest BCUT2D eigenvalue weighted by Gasteiger charge is 2.23. The molecule has 1 aromatic carbocycles. The summed E-state index contributed by atoms with van der Waals surface area (Å²) in [6.07, 6.45) is 0. The highest BCUT2D eigenvalue weighted by Crippen LogP contribution is 2.17. The smallest absolute Gasteiger partial charge is 0.336 e. The molecule has 1 aromatic rings. The van der Waals surface area contributed by atoms with Gasteiger partial charge in [0.05, 0.1) is 5.56 Å². The third-order valence-corrected chi connectivity index (χ3v) is 3.64. The van der Waals surface area contributed by atoms with Crippen molar-refractivity contribution in [3.05, 3.63) is 35.1 Å². The molecule has 1 fully saturated rings. The van der Waals surface area contributed by atoms with Crippen LogP contribution in [-0.4, -0.2) is 53.6 Å². The summed E-state index contributed by atoms with van der Waals surface area (Å²) in [7, 11) is 2.07. The lowest BCUT2D eigenvalue weighted by Gasteiger charge is -2.38. The summed E-state index contributed by atoms with van der Waals surface area (Å²) >= 11 is 0. The first-order valence-corrected chi connectivity index (χ1v) is 6.41. The molecule has 1 unspecified atom stereocenters. The van der Waals surface area contributed by atoms with E-state index in [9.17, 15) is 9.18 Å². The summed E-state index contributed by atoms with van der Waals surface area (Å²) in [5.41, 5.74) is 0.733. The van der Waals surface area contributed by atoms with E-state index in [0.717, 1.165) is 19.6 Å². The number of likely N-dealkylation sites (N-methyl/N-ethyl adjacent to an activating group) is 1. The largest absolute Gasteiger partial charge is 0.478 e. The minimum Gasteiger partial charge on any atom is -0.478 e. The quantitative estimate of drug-likeness (QED) is 0.903.